The molecule has 2 aliphatic heterocycles. The Hall–Kier alpha value is -2.91. The number of fused-ring (bicyclic) bond motifs is 1. The summed E-state index contributed by atoms with van der Waals surface area (Å²) in [6.07, 6.45) is 0.936. The minimum absolute atomic E-state index is 0.0466. The molecule has 0 radical (unpaired) electrons. The molecular weight excluding hydrogens is 455 g/mol. The Morgan fingerprint density at radius 2 is 1.89 bits per heavy atom. The first-order chi connectivity index (χ1) is 16.9. The summed E-state index contributed by atoms with van der Waals surface area (Å²) in [5, 5.41) is 6.32. The normalized spacial score (nSPS) is 19.7. The van der Waals surface area contributed by atoms with E-state index in [9.17, 15) is 18.0 Å². The number of carbonyl (C=O) groups is 1. The molecule has 2 saturated heterocycles. The van der Waals surface area contributed by atoms with Crippen molar-refractivity contribution in [1.29, 1.82) is 0 Å². The number of nitrogens with zero attached hydrogens (tertiary/aromatic N) is 3. The Morgan fingerprint density at radius 3 is 2.69 bits per heavy atom. The van der Waals surface area contributed by atoms with Crippen molar-refractivity contribution >= 4 is 22.9 Å². The van der Waals surface area contributed by atoms with Crippen molar-refractivity contribution in [2.24, 2.45) is 0 Å². The van der Waals surface area contributed by atoms with Crippen LogP contribution in [0.4, 0.5) is 19.1 Å². The summed E-state index contributed by atoms with van der Waals surface area (Å²) in [6.45, 7) is 4.62. The standard InChI is InChI=1S/C26H30F3N5O/c27-26(28,29)20-9-5-7-18(15-20)24(35)32-25-31-22-11-6-8-19(17-33-13-3-4-14-33)23(22)34(25)21-10-1-2-12-30-16-21/h5-9,11,15,21,30H,1-4,10,12-14,16-17H2,(H,31,32,35). The van der Waals surface area contributed by atoms with Gasteiger partial charge in [-0.25, -0.2) is 4.98 Å². The Kier molecular flexibility index (Phi) is 6.80. The minimum atomic E-state index is -4.51. The Labute approximate surface area is 202 Å². The highest BCUT2D eigenvalue weighted by atomic mass is 19.4. The van der Waals surface area contributed by atoms with Crippen molar-refractivity contribution in [2.45, 2.75) is 50.9 Å². The number of nitrogens with one attached hydrogen (secondary N) is 2. The molecule has 3 aromatic rings. The Morgan fingerprint density at radius 1 is 1.09 bits per heavy atom. The third-order valence-corrected chi connectivity index (χ3v) is 6.95. The van der Waals surface area contributed by atoms with E-state index in [0.717, 1.165) is 80.7 Å². The molecule has 2 fully saturated rings. The Balaban J connectivity index is 1.54. The second-order valence-electron chi connectivity index (χ2n) is 9.46. The molecular formula is C26H30F3N5O. The average molecular weight is 486 g/mol. The molecule has 0 bridgehead atoms. The molecule has 6 nitrogen and oxygen atoms in total. The first-order valence-electron chi connectivity index (χ1n) is 12.3. The third kappa shape index (κ3) is 5.21. The third-order valence-electron chi connectivity index (χ3n) is 6.95. The van der Waals surface area contributed by atoms with Crippen molar-refractivity contribution < 1.29 is 18.0 Å². The number of alkyl halides is 3. The maximum atomic E-state index is 13.2. The number of para-hydroxylation sites is 1. The molecule has 1 aromatic heterocycles. The maximum Gasteiger partial charge on any atom is 0.416 e. The Bertz CT molecular complexity index is 1190. The number of imidazole rings is 1. The summed E-state index contributed by atoms with van der Waals surface area (Å²) < 4.78 is 41.7. The topological polar surface area (TPSA) is 62.2 Å². The molecule has 0 saturated carbocycles. The van der Waals surface area contributed by atoms with Crippen LogP contribution >= 0.6 is 0 Å². The molecule has 5 rings (SSSR count). The molecule has 1 unspecified atom stereocenters. The number of amides is 1. The maximum absolute atomic E-state index is 13.2. The van der Waals surface area contributed by atoms with Crippen LogP contribution < -0.4 is 10.6 Å². The summed E-state index contributed by atoms with van der Waals surface area (Å²) >= 11 is 0. The molecule has 3 heterocycles. The van der Waals surface area contributed by atoms with Gasteiger partial charge in [-0.1, -0.05) is 24.6 Å². The fourth-order valence-electron chi connectivity index (χ4n) is 5.20. The van der Waals surface area contributed by atoms with Gasteiger partial charge in [0.2, 0.25) is 5.95 Å². The van der Waals surface area contributed by atoms with Crippen LogP contribution in [0.25, 0.3) is 11.0 Å². The molecule has 9 heteroatoms. The van der Waals surface area contributed by atoms with E-state index in [1.165, 1.54) is 25.0 Å². The van der Waals surface area contributed by atoms with Crippen molar-refractivity contribution in [1.82, 2.24) is 19.8 Å². The average Bonchev–Trinajstić information content (AvgIpc) is 3.39. The second kappa shape index (κ2) is 9.99. The summed E-state index contributed by atoms with van der Waals surface area (Å²) in [5.74, 6) is -0.222. The van der Waals surface area contributed by atoms with Gasteiger partial charge >= 0.3 is 6.18 Å². The van der Waals surface area contributed by atoms with Gasteiger partial charge < -0.3 is 9.88 Å². The van der Waals surface area contributed by atoms with Gasteiger partial charge in [-0.15, -0.1) is 0 Å². The zero-order chi connectivity index (χ0) is 24.4. The first-order valence-corrected chi connectivity index (χ1v) is 12.3. The molecule has 2 aliphatic rings. The number of carbonyl (C=O) groups excluding carboxylic acids is 1. The molecule has 186 valence electrons. The largest absolute Gasteiger partial charge is 0.416 e. The summed E-state index contributed by atoms with van der Waals surface area (Å²) in [6, 6.07) is 10.6. The highest BCUT2D eigenvalue weighted by Crippen LogP contribution is 2.33. The predicted molar refractivity (Wildman–Crippen MR) is 129 cm³/mol. The first kappa shape index (κ1) is 23.8. The SMILES string of the molecule is O=C(Nc1nc2cccc(CN3CCCC3)c2n1C1CCCCNC1)c1cccc(C(F)(F)F)c1. The predicted octanol–water partition coefficient (Wildman–Crippen LogP) is 5.22. The minimum Gasteiger partial charge on any atom is -0.315 e. The van der Waals surface area contributed by atoms with E-state index in [0.29, 0.717) is 5.95 Å². The number of hydrogen-bond donors (Lipinski definition) is 2. The van der Waals surface area contributed by atoms with Crippen LogP contribution in [0.2, 0.25) is 0 Å². The van der Waals surface area contributed by atoms with Crippen molar-refractivity contribution in [3.63, 3.8) is 0 Å². The molecule has 35 heavy (non-hydrogen) atoms. The van der Waals surface area contributed by atoms with Crippen LogP contribution in [0.1, 0.15) is 59.6 Å². The van der Waals surface area contributed by atoms with Crippen LogP contribution in [0, 0.1) is 0 Å². The zero-order valence-electron chi connectivity index (χ0n) is 19.6. The molecule has 1 amide bonds. The van der Waals surface area contributed by atoms with Crippen LogP contribution in [-0.2, 0) is 12.7 Å². The van der Waals surface area contributed by atoms with E-state index in [-0.39, 0.29) is 11.6 Å². The summed E-state index contributed by atoms with van der Waals surface area (Å²) in [7, 11) is 0. The number of aromatic nitrogens is 2. The lowest BCUT2D eigenvalue weighted by molar-refractivity contribution is -0.137. The fraction of sp³-hybridized carbons (Fsp3) is 0.462. The van der Waals surface area contributed by atoms with Crippen LogP contribution in [0.3, 0.4) is 0 Å². The number of likely N-dealkylation sites (tertiary alicyclic amines) is 1. The van der Waals surface area contributed by atoms with Gasteiger partial charge in [0.1, 0.15) is 0 Å². The van der Waals surface area contributed by atoms with Crippen molar-refractivity contribution in [3.05, 3.63) is 59.2 Å². The lowest BCUT2D eigenvalue weighted by Crippen LogP contribution is -2.26. The quantitative estimate of drug-likeness (QED) is 0.520. The van der Waals surface area contributed by atoms with Crippen LogP contribution in [0.5, 0.6) is 0 Å². The molecule has 0 spiro atoms. The number of anilines is 1. The lowest BCUT2D eigenvalue weighted by atomic mass is 10.1. The van der Waals surface area contributed by atoms with E-state index in [1.54, 1.807) is 0 Å². The van der Waals surface area contributed by atoms with E-state index in [4.69, 9.17) is 4.98 Å². The van der Waals surface area contributed by atoms with Gasteiger partial charge in [0.15, 0.2) is 0 Å². The number of rotatable bonds is 5. The smallest absolute Gasteiger partial charge is 0.315 e. The van der Waals surface area contributed by atoms with E-state index in [2.05, 4.69) is 26.2 Å². The van der Waals surface area contributed by atoms with E-state index >= 15 is 0 Å². The molecule has 0 aliphatic carbocycles. The van der Waals surface area contributed by atoms with Gasteiger partial charge in [-0.05, 0) is 75.1 Å². The van der Waals surface area contributed by atoms with Gasteiger partial charge in [0.25, 0.3) is 5.91 Å². The van der Waals surface area contributed by atoms with Gasteiger partial charge in [0.05, 0.1) is 16.6 Å². The van der Waals surface area contributed by atoms with Gasteiger partial charge in [-0.3, -0.25) is 15.0 Å². The lowest BCUT2D eigenvalue weighted by Gasteiger charge is -2.23. The summed E-state index contributed by atoms with van der Waals surface area (Å²) in [5.41, 5.74) is 2.03. The van der Waals surface area contributed by atoms with Gasteiger partial charge in [0, 0.05) is 24.7 Å². The van der Waals surface area contributed by atoms with E-state index in [1.807, 2.05) is 12.1 Å². The molecule has 1 atom stereocenters. The molecule has 2 aromatic carbocycles. The van der Waals surface area contributed by atoms with Gasteiger partial charge in [-0.2, -0.15) is 13.2 Å². The van der Waals surface area contributed by atoms with E-state index < -0.39 is 17.6 Å². The summed E-state index contributed by atoms with van der Waals surface area (Å²) in [4.78, 5) is 20.3. The molecule has 2 N–H and O–H groups in total. The van der Waals surface area contributed by atoms with Crippen LogP contribution in [0.15, 0.2) is 42.5 Å². The highest BCUT2D eigenvalue weighted by molar-refractivity contribution is 6.04. The number of hydrogen-bond acceptors (Lipinski definition) is 4. The zero-order valence-corrected chi connectivity index (χ0v) is 19.6. The van der Waals surface area contributed by atoms with Crippen molar-refractivity contribution in [3.8, 4) is 0 Å². The fourth-order valence-corrected chi connectivity index (χ4v) is 5.20. The second-order valence-corrected chi connectivity index (χ2v) is 9.46. The number of halogens is 3. The monoisotopic (exact) mass is 485 g/mol. The number of benzene rings is 2. The van der Waals surface area contributed by atoms with Crippen molar-refractivity contribution in [2.75, 3.05) is 31.5 Å². The van der Waals surface area contributed by atoms with Crippen LogP contribution in [-0.4, -0.2) is 46.5 Å². The highest BCUT2D eigenvalue weighted by Gasteiger charge is 2.31.